The molecule has 0 aliphatic carbocycles. The number of ether oxygens (including phenoxy) is 1. The summed E-state index contributed by atoms with van der Waals surface area (Å²) < 4.78 is 15.9. The maximum Gasteiger partial charge on any atom is 0.434 e. The van der Waals surface area contributed by atoms with Crippen molar-refractivity contribution in [3.63, 3.8) is 0 Å². The lowest BCUT2D eigenvalue weighted by atomic mass is 9.50. The van der Waals surface area contributed by atoms with Gasteiger partial charge in [-0.2, -0.15) is 0 Å². The summed E-state index contributed by atoms with van der Waals surface area (Å²) in [5.74, 6) is 2.56. The molecule has 0 N–H and O–H groups in total. The number of rotatable bonds is 4. The Morgan fingerprint density at radius 1 is 0.385 bits per heavy atom. The molecule has 0 spiro atoms. The van der Waals surface area contributed by atoms with Gasteiger partial charge in [0, 0.05) is 32.9 Å². The molecule has 2 aliphatic heterocycles. The normalized spacial score (nSPS) is 12.5. The highest BCUT2D eigenvalue weighted by atomic mass is 16.5. The summed E-state index contributed by atoms with van der Waals surface area (Å²) in [4.78, 5) is 0. The highest BCUT2D eigenvalue weighted by Gasteiger charge is 2.40. The van der Waals surface area contributed by atoms with E-state index in [1.165, 1.54) is 38.5 Å². The first-order chi connectivity index (χ1) is 25.8. The predicted molar refractivity (Wildman–Crippen MR) is 215 cm³/mol. The van der Waals surface area contributed by atoms with Gasteiger partial charge in [0.1, 0.15) is 17.2 Å². The van der Waals surface area contributed by atoms with Crippen LogP contribution in [0.4, 0.5) is 0 Å². The number of hydrogen-bond donors (Lipinski definition) is 0. The van der Waals surface area contributed by atoms with E-state index >= 15 is 0 Å². The largest absolute Gasteiger partial charge is 0.551 e. The van der Waals surface area contributed by atoms with Crippen molar-refractivity contribution in [2.45, 2.75) is 0 Å². The molecule has 0 atom stereocenters. The van der Waals surface area contributed by atoms with Crippen LogP contribution in [0.5, 0.6) is 17.2 Å². The summed E-state index contributed by atoms with van der Waals surface area (Å²) in [6, 6.07) is 64.7. The molecule has 1 aromatic heterocycles. The first kappa shape index (κ1) is 29.0. The molecule has 0 fully saturated rings. The fraction of sp³-hybridized carbons (Fsp3) is 0. The van der Waals surface area contributed by atoms with Crippen LogP contribution in [0.1, 0.15) is 0 Å². The Bertz CT molecular complexity index is 2800. The molecule has 0 amide bonds. The van der Waals surface area contributed by atoms with Crippen LogP contribution in [-0.4, -0.2) is 11.5 Å². The van der Waals surface area contributed by atoms with Crippen molar-refractivity contribution >= 4 is 39.6 Å². The fourth-order valence-corrected chi connectivity index (χ4v) is 8.31. The molecule has 242 valence electrons. The summed E-state index contributed by atoms with van der Waals surface area (Å²) in [7, 11) is 0. The maximum absolute atomic E-state index is 6.93. The molecule has 8 aromatic carbocycles. The first-order valence-corrected chi connectivity index (χ1v) is 17.8. The third kappa shape index (κ3) is 4.41. The van der Waals surface area contributed by atoms with E-state index in [0.29, 0.717) is 0 Å². The van der Waals surface area contributed by atoms with Gasteiger partial charge < -0.3 is 14.0 Å². The third-order valence-electron chi connectivity index (χ3n) is 10.7. The van der Waals surface area contributed by atoms with Crippen molar-refractivity contribution in [3.05, 3.63) is 182 Å². The second-order valence-electron chi connectivity index (χ2n) is 13.6. The molecular formula is C48H30BNO2. The number of aromatic nitrogens is 1. The summed E-state index contributed by atoms with van der Waals surface area (Å²) >= 11 is 0. The van der Waals surface area contributed by atoms with E-state index in [-0.39, 0.29) is 6.92 Å². The Hall–Kier alpha value is -6.78. The second kappa shape index (κ2) is 11.4. The van der Waals surface area contributed by atoms with Gasteiger partial charge >= 0.3 is 6.92 Å². The van der Waals surface area contributed by atoms with Gasteiger partial charge in [-0.1, -0.05) is 133 Å². The average Bonchev–Trinajstić information content (AvgIpc) is 3.55. The Labute approximate surface area is 302 Å². The number of fused-ring (bicyclic) bond motifs is 7. The first-order valence-electron chi connectivity index (χ1n) is 17.8. The minimum Gasteiger partial charge on any atom is -0.551 e. The Morgan fingerprint density at radius 3 is 1.77 bits per heavy atom. The average molecular weight is 664 g/mol. The quantitative estimate of drug-likeness (QED) is 0.175. The van der Waals surface area contributed by atoms with Crippen molar-refractivity contribution in [1.29, 1.82) is 0 Å². The monoisotopic (exact) mass is 663 g/mol. The summed E-state index contributed by atoms with van der Waals surface area (Å²) in [5.41, 5.74) is 14.9. The molecule has 0 unspecified atom stereocenters. The smallest absolute Gasteiger partial charge is 0.434 e. The molecule has 3 heterocycles. The third-order valence-corrected chi connectivity index (χ3v) is 10.7. The molecule has 4 heteroatoms. The zero-order valence-electron chi connectivity index (χ0n) is 28.2. The van der Waals surface area contributed by atoms with Gasteiger partial charge in [0.05, 0.1) is 11.0 Å². The minimum absolute atomic E-state index is 0.276. The number of nitrogens with zero attached hydrogens (tertiary/aromatic N) is 1. The van der Waals surface area contributed by atoms with Gasteiger partial charge in [0.25, 0.3) is 0 Å². The molecule has 11 rings (SSSR count). The van der Waals surface area contributed by atoms with Crippen LogP contribution in [0.2, 0.25) is 0 Å². The van der Waals surface area contributed by atoms with E-state index in [1.54, 1.807) is 0 Å². The lowest BCUT2D eigenvalue weighted by Crippen LogP contribution is -2.53. The second-order valence-corrected chi connectivity index (χ2v) is 13.6. The molecule has 3 nitrogen and oxygen atoms in total. The molecular weight excluding hydrogens is 633 g/mol. The van der Waals surface area contributed by atoms with Crippen LogP contribution in [0.3, 0.4) is 0 Å². The zero-order valence-corrected chi connectivity index (χ0v) is 28.2. The van der Waals surface area contributed by atoms with Crippen LogP contribution in [0, 0.1) is 0 Å². The summed E-state index contributed by atoms with van der Waals surface area (Å²) in [5, 5.41) is 2.53. The predicted octanol–water partition coefficient (Wildman–Crippen LogP) is 11.1. The molecule has 2 aliphatic rings. The van der Waals surface area contributed by atoms with Gasteiger partial charge in [-0.15, -0.1) is 0 Å². The van der Waals surface area contributed by atoms with Gasteiger partial charge in [0.15, 0.2) is 0 Å². The van der Waals surface area contributed by atoms with E-state index in [1.807, 2.05) is 0 Å². The van der Waals surface area contributed by atoms with Gasteiger partial charge in [0.2, 0.25) is 0 Å². The SMILES string of the molecule is c1ccc(-c2ccccc2-c2ccc3c(c2)-c2cccc4c2B(O3)c2cc(-c3ccc(-n5c6ccccc6c6ccccc65)cc3)ccc2O4)cc1. The van der Waals surface area contributed by atoms with Crippen molar-refractivity contribution < 1.29 is 9.39 Å². The van der Waals surface area contributed by atoms with Gasteiger partial charge in [-0.05, 0) is 87.5 Å². The molecule has 0 radical (unpaired) electrons. The van der Waals surface area contributed by atoms with Gasteiger partial charge in [-0.3, -0.25) is 0 Å². The van der Waals surface area contributed by atoms with Crippen molar-refractivity contribution in [2.75, 3.05) is 0 Å². The van der Waals surface area contributed by atoms with E-state index in [9.17, 15) is 0 Å². The van der Waals surface area contributed by atoms with Crippen LogP contribution >= 0.6 is 0 Å². The molecule has 0 bridgehead atoms. The van der Waals surface area contributed by atoms with Crippen molar-refractivity contribution in [2.24, 2.45) is 0 Å². The molecule has 0 saturated carbocycles. The van der Waals surface area contributed by atoms with Crippen molar-refractivity contribution in [1.82, 2.24) is 4.57 Å². The van der Waals surface area contributed by atoms with Crippen molar-refractivity contribution in [3.8, 4) is 67.4 Å². The summed E-state index contributed by atoms with van der Waals surface area (Å²) in [6.45, 7) is -0.276. The number of para-hydroxylation sites is 2. The van der Waals surface area contributed by atoms with E-state index in [4.69, 9.17) is 9.39 Å². The Balaban J connectivity index is 0.969. The molecule has 52 heavy (non-hydrogen) atoms. The number of benzene rings is 8. The zero-order chi connectivity index (χ0) is 34.2. The summed E-state index contributed by atoms with van der Waals surface area (Å²) in [6.07, 6.45) is 0. The van der Waals surface area contributed by atoms with Crippen LogP contribution < -0.4 is 20.3 Å². The van der Waals surface area contributed by atoms with Crippen LogP contribution in [0.25, 0.3) is 72.0 Å². The van der Waals surface area contributed by atoms with E-state index in [2.05, 4.69) is 187 Å². The van der Waals surface area contributed by atoms with Gasteiger partial charge in [-0.25, -0.2) is 0 Å². The van der Waals surface area contributed by atoms with E-state index < -0.39 is 0 Å². The van der Waals surface area contributed by atoms with Crippen LogP contribution in [0.15, 0.2) is 182 Å². The lowest BCUT2D eigenvalue weighted by Gasteiger charge is -2.33. The van der Waals surface area contributed by atoms with Crippen LogP contribution in [-0.2, 0) is 0 Å². The topological polar surface area (TPSA) is 23.4 Å². The fourth-order valence-electron chi connectivity index (χ4n) is 8.31. The highest BCUT2D eigenvalue weighted by Crippen LogP contribution is 2.43. The Morgan fingerprint density at radius 2 is 1.00 bits per heavy atom. The Kier molecular flexibility index (Phi) is 6.35. The number of hydrogen-bond acceptors (Lipinski definition) is 2. The maximum atomic E-state index is 6.93. The molecule has 0 saturated heterocycles. The lowest BCUT2D eigenvalue weighted by molar-refractivity contribution is 0.479. The standard InChI is InChI=1S/C48H30BNO2/c1-2-11-32(12-3-1)36-13-4-5-14-37(36)34-24-27-45-41(29-34)40-17-10-20-47-48(40)49(52-45)42-30-33(23-28-46(42)51-47)31-21-25-35(26-22-31)50-43-18-8-6-15-38(43)39-16-7-9-19-44(39)50/h1-30H. The highest BCUT2D eigenvalue weighted by molar-refractivity contribution is 6.84. The molecule has 9 aromatic rings. The van der Waals surface area contributed by atoms with E-state index in [0.717, 1.165) is 61.7 Å². The minimum atomic E-state index is -0.276.